The van der Waals surface area contributed by atoms with Crippen LogP contribution in [0, 0.1) is 0 Å². The summed E-state index contributed by atoms with van der Waals surface area (Å²) in [7, 11) is 1.16. The highest BCUT2D eigenvalue weighted by Gasteiger charge is 2.29. The number of carbonyl (C=O) groups is 1. The van der Waals surface area contributed by atoms with E-state index in [1.165, 1.54) is 20.3 Å². The predicted octanol–water partition coefficient (Wildman–Crippen LogP) is 2.11. The topological polar surface area (TPSA) is 88.2 Å². The maximum Gasteiger partial charge on any atom is 0.243 e. The van der Waals surface area contributed by atoms with Crippen LogP contribution in [0.1, 0.15) is 6.92 Å². The van der Waals surface area contributed by atoms with Crippen LogP contribution in [-0.4, -0.2) is 61.0 Å². The molecular formula is C21H29N3O5S. The summed E-state index contributed by atoms with van der Waals surface area (Å²) in [5, 5.41) is 2.81. The van der Waals surface area contributed by atoms with E-state index >= 15 is 0 Å². The minimum atomic E-state index is -3.73. The Balaban J connectivity index is 2.11. The van der Waals surface area contributed by atoms with E-state index in [1.807, 2.05) is 42.3 Å². The van der Waals surface area contributed by atoms with Crippen LogP contribution in [0.15, 0.2) is 48.5 Å². The van der Waals surface area contributed by atoms with Gasteiger partial charge in [-0.15, -0.1) is 0 Å². The molecular weight excluding hydrogens is 406 g/mol. The van der Waals surface area contributed by atoms with Crippen molar-refractivity contribution >= 4 is 27.3 Å². The van der Waals surface area contributed by atoms with Gasteiger partial charge >= 0.3 is 0 Å². The van der Waals surface area contributed by atoms with Gasteiger partial charge in [-0.1, -0.05) is 18.2 Å². The molecule has 0 aliphatic carbocycles. The van der Waals surface area contributed by atoms with Crippen molar-refractivity contribution in [1.82, 2.24) is 5.32 Å². The average Bonchev–Trinajstić information content (AvgIpc) is 2.73. The highest BCUT2D eigenvalue weighted by Crippen LogP contribution is 2.33. The standard InChI is InChI=1S/C21H29N3O5S/c1-16(21(25)22-13-14-23(2)17-9-7-6-8-10-17)24(30(5,26)27)18-11-12-19(28-3)20(15-18)29-4/h6-12,15-16H,13-14H2,1-5H3,(H,22,25). The lowest BCUT2D eigenvalue weighted by Crippen LogP contribution is -2.49. The number of likely N-dealkylation sites (N-methyl/N-ethyl adjacent to an activating group) is 1. The van der Waals surface area contributed by atoms with Crippen LogP contribution < -0.4 is 24.0 Å². The van der Waals surface area contributed by atoms with Gasteiger partial charge in [0.05, 0.1) is 26.2 Å². The summed E-state index contributed by atoms with van der Waals surface area (Å²) in [6.45, 7) is 2.50. The number of benzene rings is 2. The maximum absolute atomic E-state index is 12.7. The monoisotopic (exact) mass is 435 g/mol. The number of methoxy groups -OCH3 is 2. The van der Waals surface area contributed by atoms with Gasteiger partial charge in [-0.05, 0) is 31.2 Å². The summed E-state index contributed by atoms with van der Waals surface area (Å²) >= 11 is 0. The van der Waals surface area contributed by atoms with Gasteiger partial charge < -0.3 is 19.7 Å². The molecule has 2 rings (SSSR count). The molecule has 0 spiro atoms. The molecule has 0 aliphatic heterocycles. The van der Waals surface area contributed by atoms with Gasteiger partial charge in [-0.2, -0.15) is 0 Å². The van der Waals surface area contributed by atoms with E-state index in [4.69, 9.17) is 9.47 Å². The van der Waals surface area contributed by atoms with Crippen LogP contribution in [0.5, 0.6) is 11.5 Å². The second kappa shape index (κ2) is 10.2. The Morgan fingerprint density at radius 2 is 1.67 bits per heavy atom. The zero-order valence-electron chi connectivity index (χ0n) is 18.0. The molecule has 2 aromatic rings. The second-order valence-electron chi connectivity index (χ2n) is 6.82. The molecule has 0 fully saturated rings. The highest BCUT2D eigenvalue weighted by molar-refractivity contribution is 7.92. The summed E-state index contributed by atoms with van der Waals surface area (Å²) in [4.78, 5) is 14.7. The van der Waals surface area contributed by atoms with E-state index in [1.54, 1.807) is 19.1 Å². The van der Waals surface area contributed by atoms with Crippen molar-refractivity contribution in [1.29, 1.82) is 0 Å². The van der Waals surface area contributed by atoms with Crippen molar-refractivity contribution in [2.24, 2.45) is 0 Å². The molecule has 1 N–H and O–H groups in total. The lowest BCUT2D eigenvalue weighted by atomic mass is 10.2. The Morgan fingerprint density at radius 1 is 1.03 bits per heavy atom. The molecule has 9 heteroatoms. The zero-order valence-corrected chi connectivity index (χ0v) is 18.8. The number of hydrogen-bond donors (Lipinski definition) is 1. The van der Waals surface area contributed by atoms with Crippen LogP contribution in [0.4, 0.5) is 11.4 Å². The molecule has 1 atom stereocenters. The van der Waals surface area contributed by atoms with E-state index < -0.39 is 22.0 Å². The SMILES string of the molecule is COc1ccc(N(C(C)C(=O)NCCN(C)c2ccccc2)S(C)(=O)=O)cc1OC. The molecule has 0 aromatic heterocycles. The molecule has 30 heavy (non-hydrogen) atoms. The van der Waals surface area contributed by atoms with Gasteiger partial charge in [0.1, 0.15) is 6.04 Å². The second-order valence-corrected chi connectivity index (χ2v) is 8.68. The Morgan fingerprint density at radius 3 is 2.23 bits per heavy atom. The fraction of sp³-hybridized carbons (Fsp3) is 0.381. The number of rotatable bonds is 10. The summed E-state index contributed by atoms with van der Waals surface area (Å²) in [6, 6.07) is 13.6. The van der Waals surface area contributed by atoms with Crippen molar-refractivity contribution in [3.63, 3.8) is 0 Å². The summed E-state index contributed by atoms with van der Waals surface area (Å²) in [5.41, 5.74) is 1.35. The first-order chi connectivity index (χ1) is 14.2. The molecule has 0 heterocycles. The van der Waals surface area contributed by atoms with E-state index in [-0.39, 0.29) is 0 Å². The normalized spacial score (nSPS) is 12.0. The molecule has 0 saturated carbocycles. The first-order valence-electron chi connectivity index (χ1n) is 9.44. The number of anilines is 2. The molecule has 1 amide bonds. The first-order valence-corrected chi connectivity index (χ1v) is 11.3. The predicted molar refractivity (Wildman–Crippen MR) is 119 cm³/mol. The third kappa shape index (κ3) is 5.79. The Hall–Kier alpha value is -2.94. The van der Waals surface area contributed by atoms with Gasteiger partial charge in [0.2, 0.25) is 15.9 Å². The fourth-order valence-corrected chi connectivity index (χ4v) is 4.24. The largest absolute Gasteiger partial charge is 0.493 e. The quantitative estimate of drug-likeness (QED) is 0.615. The van der Waals surface area contributed by atoms with Gasteiger partial charge in [0.15, 0.2) is 11.5 Å². The maximum atomic E-state index is 12.7. The van der Waals surface area contributed by atoms with Crippen molar-refractivity contribution in [3.8, 4) is 11.5 Å². The summed E-state index contributed by atoms with van der Waals surface area (Å²) in [5.74, 6) is 0.452. The van der Waals surface area contributed by atoms with Gasteiger partial charge in [0.25, 0.3) is 0 Å². The number of nitrogens with zero attached hydrogens (tertiary/aromatic N) is 2. The van der Waals surface area contributed by atoms with Crippen molar-refractivity contribution in [2.75, 3.05) is 49.8 Å². The first kappa shape index (κ1) is 23.3. The molecule has 0 aliphatic rings. The number of carbonyl (C=O) groups excluding carboxylic acids is 1. The number of ether oxygens (including phenoxy) is 2. The number of hydrogen-bond acceptors (Lipinski definition) is 6. The highest BCUT2D eigenvalue weighted by atomic mass is 32.2. The molecule has 0 saturated heterocycles. The molecule has 0 radical (unpaired) electrons. The molecule has 164 valence electrons. The third-order valence-corrected chi connectivity index (χ3v) is 5.90. The van der Waals surface area contributed by atoms with E-state index in [0.717, 1.165) is 16.2 Å². The number of nitrogens with one attached hydrogen (secondary N) is 1. The van der Waals surface area contributed by atoms with Crippen LogP contribution in [0.25, 0.3) is 0 Å². The Kier molecular flexibility index (Phi) is 7.93. The number of amides is 1. The van der Waals surface area contributed by atoms with Crippen LogP contribution in [0.3, 0.4) is 0 Å². The number of para-hydroxylation sites is 1. The van der Waals surface area contributed by atoms with Crippen LogP contribution in [-0.2, 0) is 14.8 Å². The minimum Gasteiger partial charge on any atom is -0.493 e. The average molecular weight is 436 g/mol. The summed E-state index contributed by atoms with van der Waals surface area (Å²) in [6.07, 6.45) is 1.07. The van der Waals surface area contributed by atoms with Gasteiger partial charge in [-0.3, -0.25) is 9.10 Å². The van der Waals surface area contributed by atoms with Crippen LogP contribution in [0.2, 0.25) is 0 Å². The van der Waals surface area contributed by atoms with Crippen molar-refractivity contribution in [2.45, 2.75) is 13.0 Å². The Bertz CT molecular complexity index is 950. The summed E-state index contributed by atoms with van der Waals surface area (Å²) < 4.78 is 36.5. The van der Waals surface area contributed by atoms with Gasteiger partial charge in [-0.25, -0.2) is 8.42 Å². The van der Waals surface area contributed by atoms with E-state index in [2.05, 4.69) is 5.32 Å². The van der Waals surface area contributed by atoms with Crippen molar-refractivity contribution < 1.29 is 22.7 Å². The van der Waals surface area contributed by atoms with Crippen LogP contribution >= 0.6 is 0 Å². The number of sulfonamides is 1. The van der Waals surface area contributed by atoms with Gasteiger partial charge in [0, 0.05) is 31.9 Å². The molecule has 2 aromatic carbocycles. The van der Waals surface area contributed by atoms with E-state index in [0.29, 0.717) is 30.3 Å². The van der Waals surface area contributed by atoms with E-state index in [9.17, 15) is 13.2 Å². The Labute approximate surface area is 178 Å². The fourth-order valence-electron chi connectivity index (χ4n) is 3.08. The van der Waals surface area contributed by atoms with Crippen molar-refractivity contribution in [3.05, 3.63) is 48.5 Å². The third-order valence-electron chi connectivity index (χ3n) is 4.65. The molecule has 0 bridgehead atoms. The lowest BCUT2D eigenvalue weighted by molar-refractivity contribution is -0.121. The minimum absolute atomic E-state index is 0.319. The molecule has 1 unspecified atom stereocenters. The molecule has 8 nitrogen and oxygen atoms in total. The zero-order chi connectivity index (χ0) is 22.3. The smallest absolute Gasteiger partial charge is 0.243 e. The lowest BCUT2D eigenvalue weighted by Gasteiger charge is -2.29.